The number of aromatic nitrogens is 1. The third kappa shape index (κ3) is 2.90. The number of aryl methyl sites for hydroxylation is 1. The summed E-state index contributed by atoms with van der Waals surface area (Å²) in [6, 6.07) is 9.02. The summed E-state index contributed by atoms with van der Waals surface area (Å²) in [5.74, 6) is 0.0487. The lowest BCUT2D eigenvalue weighted by Crippen LogP contribution is -2.25. The molecule has 1 amide bonds. The van der Waals surface area contributed by atoms with Gasteiger partial charge in [0, 0.05) is 24.7 Å². The van der Waals surface area contributed by atoms with Gasteiger partial charge in [0.05, 0.1) is 5.69 Å². The standard InChI is InChI=1S/C13H13ClN2O2/c1-9-6-12(18-15-9)13(17)16(2)8-10-4-3-5-11(14)7-10/h3-7H,8H2,1-2H3. The van der Waals surface area contributed by atoms with Crippen molar-refractivity contribution in [2.24, 2.45) is 0 Å². The van der Waals surface area contributed by atoms with Crippen LogP contribution in [-0.4, -0.2) is 23.0 Å². The minimum atomic E-state index is -0.199. The predicted molar refractivity (Wildman–Crippen MR) is 68.5 cm³/mol. The Morgan fingerprint density at radius 3 is 2.83 bits per heavy atom. The molecular formula is C13H13ClN2O2. The third-order valence-corrected chi connectivity index (χ3v) is 2.73. The average molecular weight is 265 g/mol. The van der Waals surface area contributed by atoms with Crippen LogP contribution in [0.15, 0.2) is 34.9 Å². The molecule has 0 aliphatic rings. The van der Waals surface area contributed by atoms with Crippen molar-refractivity contribution in [3.63, 3.8) is 0 Å². The SMILES string of the molecule is Cc1cc(C(=O)N(C)Cc2cccc(Cl)c2)on1. The summed E-state index contributed by atoms with van der Waals surface area (Å²) in [5, 5.41) is 4.35. The van der Waals surface area contributed by atoms with Crippen LogP contribution in [0, 0.1) is 6.92 Å². The third-order valence-electron chi connectivity index (χ3n) is 2.49. The van der Waals surface area contributed by atoms with Gasteiger partial charge in [0.1, 0.15) is 0 Å². The van der Waals surface area contributed by atoms with Gasteiger partial charge >= 0.3 is 0 Å². The molecular weight excluding hydrogens is 252 g/mol. The Kier molecular flexibility index (Phi) is 3.67. The number of hydrogen-bond donors (Lipinski definition) is 0. The zero-order valence-corrected chi connectivity index (χ0v) is 10.9. The van der Waals surface area contributed by atoms with E-state index in [1.54, 1.807) is 31.0 Å². The Bertz CT molecular complexity index is 566. The summed E-state index contributed by atoms with van der Waals surface area (Å²) in [6.45, 7) is 2.25. The minimum Gasteiger partial charge on any atom is -0.351 e. The minimum absolute atomic E-state index is 0.199. The predicted octanol–water partition coefficient (Wildman–Crippen LogP) is 2.91. The maximum absolute atomic E-state index is 12.0. The highest BCUT2D eigenvalue weighted by atomic mass is 35.5. The first-order valence-corrected chi connectivity index (χ1v) is 5.87. The van der Waals surface area contributed by atoms with Crippen molar-refractivity contribution in [3.05, 3.63) is 52.4 Å². The number of hydrogen-bond acceptors (Lipinski definition) is 3. The molecule has 0 saturated heterocycles. The van der Waals surface area contributed by atoms with Gasteiger partial charge in [-0.15, -0.1) is 0 Å². The van der Waals surface area contributed by atoms with Crippen molar-refractivity contribution in [1.82, 2.24) is 10.1 Å². The Balaban J connectivity index is 2.08. The lowest BCUT2D eigenvalue weighted by molar-refractivity contribution is 0.0743. The zero-order valence-electron chi connectivity index (χ0n) is 10.2. The Hall–Kier alpha value is -1.81. The van der Waals surface area contributed by atoms with Crippen LogP contribution >= 0.6 is 11.6 Å². The van der Waals surface area contributed by atoms with E-state index in [0.29, 0.717) is 17.3 Å². The highest BCUT2D eigenvalue weighted by Gasteiger charge is 2.16. The number of carbonyl (C=O) groups is 1. The van der Waals surface area contributed by atoms with Crippen LogP contribution in [0.1, 0.15) is 21.8 Å². The number of halogens is 1. The van der Waals surface area contributed by atoms with Gasteiger partial charge in [0.15, 0.2) is 0 Å². The van der Waals surface area contributed by atoms with E-state index in [-0.39, 0.29) is 11.7 Å². The van der Waals surface area contributed by atoms with Gasteiger partial charge in [-0.2, -0.15) is 0 Å². The molecule has 0 unspecified atom stereocenters. The summed E-state index contributed by atoms with van der Waals surface area (Å²) in [6.07, 6.45) is 0. The van der Waals surface area contributed by atoms with E-state index < -0.39 is 0 Å². The molecule has 0 aliphatic heterocycles. The molecule has 1 aromatic heterocycles. The Labute approximate surface area is 110 Å². The molecule has 94 valence electrons. The molecule has 5 heteroatoms. The van der Waals surface area contributed by atoms with Crippen LogP contribution in [0.4, 0.5) is 0 Å². The summed E-state index contributed by atoms with van der Waals surface area (Å²) in [7, 11) is 1.71. The summed E-state index contributed by atoms with van der Waals surface area (Å²) < 4.78 is 4.94. The van der Waals surface area contributed by atoms with Crippen LogP contribution in [0.25, 0.3) is 0 Å². The van der Waals surface area contributed by atoms with Crippen molar-refractivity contribution in [1.29, 1.82) is 0 Å². The summed E-state index contributed by atoms with van der Waals surface area (Å²) >= 11 is 5.90. The highest BCUT2D eigenvalue weighted by molar-refractivity contribution is 6.30. The number of carbonyl (C=O) groups excluding carboxylic acids is 1. The van der Waals surface area contributed by atoms with Gasteiger partial charge in [-0.1, -0.05) is 28.9 Å². The van der Waals surface area contributed by atoms with Crippen molar-refractivity contribution < 1.29 is 9.32 Å². The van der Waals surface area contributed by atoms with Gasteiger partial charge < -0.3 is 9.42 Å². The largest absolute Gasteiger partial charge is 0.351 e. The molecule has 1 heterocycles. The quantitative estimate of drug-likeness (QED) is 0.856. The van der Waals surface area contributed by atoms with E-state index in [2.05, 4.69) is 5.16 Å². The van der Waals surface area contributed by atoms with E-state index in [0.717, 1.165) is 5.56 Å². The Morgan fingerprint density at radius 2 is 2.22 bits per heavy atom. The average Bonchev–Trinajstić information content (AvgIpc) is 2.75. The number of amides is 1. The molecule has 0 fully saturated rings. The van der Waals surface area contributed by atoms with Gasteiger partial charge in [0.2, 0.25) is 5.76 Å². The molecule has 4 nitrogen and oxygen atoms in total. The molecule has 0 atom stereocenters. The van der Waals surface area contributed by atoms with Gasteiger partial charge in [-0.25, -0.2) is 0 Å². The van der Waals surface area contributed by atoms with E-state index in [1.165, 1.54) is 0 Å². The summed E-state index contributed by atoms with van der Waals surface area (Å²) in [4.78, 5) is 13.6. The smallest absolute Gasteiger partial charge is 0.292 e. The van der Waals surface area contributed by atoms with Gasteiger partial charge in [-0.3, -0.25) is 4.79 Å². The van der Waals surface area contributed by atoms with Crippen LogP contribution in [0.3, 0.4) is 0 Å². The maximum atomic E-state index is 12.0. The molecule has 18 heavy (non-hydrogen) atoms. The van der Waals surface area contributed by atoms with Gasteiger partial charge in [-0.05, 0) is 24.6 Å². The molecule has 2 aromatic rings. The first kappa shape index (κ1) is 12.6. The number of benzene rings is 1. The zero-order chi connectivity index (χ0) is 13.1. The topological polar surface area (TPSA) is 46.3 Å². The second-order valence-electron chi connectivity index (χ2n) is 4.12. The van der Waals surface area contributed by atoms with Crippen LogP contribution < -0.4 is 0 Å². The van der Waals surface area contributed by atoms with Crippen molar-refractivity contribution in [2.45, 2.75) is 13.5 Å². The first-order valence-electron chi connectivity index (χ1n) is 5.49. The first-order chi connectivity index (χ1) is 8.56. The van der Waals surface area contributed by atoms with Crippen LogP contribution in [-0.2, 0) is 6.54 Å². The fourth-order valence-corrected chi connectivity index (χ4v) is 1.85. The maximum Gasteiger partial charge on any atom is 0.292 e. The van der Waals surface area contributed by atoms with Crippen LogP contribution in [0.2, 0.25) is 5.02 Å². The van der Waals surface area contributed by atoms with Crippen LogP contribution in [0.5, 0.6) is 0 Å². The number of rotatable bonds is 3. The summed E-state index contributed by atoms with van der Waals surface area (Å²) in [5.41, 5.74) is 1.66. The second kappa shape index (κ2) is 5.23. The molecule has 0 spiro atoms. The van der Waals surface area contributed by atoms with E-state index in [9.17, 15) is 4.79 Å². The Morgan fingerprint density at radius 1 is 1.44 bits per heavy atom. The molecule has 2 rings (SSSR count). The molecule has 0 N–H and O–H groups in total. The lowest BCUT2D eigenvalue weighted by atomic mass is 10.2. The van der Waals surface area contributed by atoms with E-state index in [4.69, 9.17) is 16.1 Å². The number of nitrogens with zero attached hydrogens (tertiary/aromatic N) is 2. The van der Waals surface area contributed by atoms with E-state index >= 15 is 0 Å². The van der Waals surface area contributed by atoms with Crippen molar-refractivity contribution in [2.75, 3.05) is 7.05 Å². The normalized spacial score (nSPS) is 10.4. The van der Waals surface area contributed by atoms with Crippen molar-refractivity contribution in [3.8, 4) is 0 Å². The molecule has 1 aromatic carbocycles. The lowest BCUT2D eigenvalue weighted by Gasteiger charge is -2.15. The fourth-order valence-electron chi connectivity index (χ4n) is 1.63. The second-order valence-corrected chi connectivity index (χ2v) is 4.56. The van der Waals surface area contributed by atoms with Crippen molar-refractivity contribution >= 4 is 17.5 Å². The molecule has 0 radical (unpaired) electrons. The van der Waals surface area contributed by atoms with E-state index in [1.807, 2.05) is 18.2 Å². The molecule has 0 aliphatic carbocycles. The molecule has 0 saturated carbocycles. The molecule has 0 bridgehead atoms. The van der Waals surface area contributed by atoms with Gasteiger partial charge in [0.25, 0.3) is 5.91 Å². The highest BCUT2D eigenvalue weighted by Crippen LogP contribution is 2.13. The fraction of sp³-hybridized carbons (Fsp3) is 0.231. The monoisotopic (exact) mass is 264 g/mol.